The maximum Gasteiger partial charge on any atom is 0.352 e. The van der Waals surface area contributed by atoms with Crippen LogP contribution in [0.25, 0.3) is 0 Å². The molecule has 0 aliphatic rings. The summed E-state index contributed by atoms with van der Waals surface area (Å²) >= 11 is 0. The summed E-state index contributed by atoms with van der Waals surface area (Å²) in [6, 6.07) is 11.7. The third kappa shape index (κ3) is 2.14. The van der Waals surface area contributed by atoms with E-state index in [2.05, 4.69) is 0 Å². The van der Waals surface area contributed by atoms with E-state index in [0.29, 0.717) is 5.69 Å². The molecule has 0 aliphatic heterocycles. The van der Waals surface area contributed by atoms with Gasteiger partial charge in [-0.3, -0.25) is 0 Å². The molecule has 3 nitrogen and oxygen atoms in total. The van der Waals surface area contributed by atoms with Gasteiger partial charge in [0.1, 0.15) is 5.69 Å². The first-order valence-corrected chi connectivity index (χ1v) is 5.09. The molecule has 0 saturated carbocycles. The summed E-state index contributed by atoms with van der Waals surface area (Å²) in [6.45, 7) is 0. The number of carboxylic acid groups (broad SMARTS) is 1. The Bertz CT molecular complexity index is 500. The molecule has 3 heteroatoms. The molecule has 2 rings (SSSR count). The van der Waals surface area contributed by atoms with Crippen molar-refractivity contribution < 1.29 is 9.90 Å². The number of benzene rings is 1. The number of carbonyl (C=O) groups is 1. The summed E-state index contributed by atoms with van der Waals surface area (Å²) in [5.74, 6) is -0.887. The average molecular weight is 215 g/mol. The predicted molar refractivity (Wildman–Crippen MR) is 61.6 cm³/mol. The molecule has 0 radical (unpaired) electrons. The quantitative estimate of drug-likeness (QED) is 0.853. The van der Waals surface area contributed by atoms with Gasteiger partial charge in [-0.2, -0.15) is 0 Å². The minimum Gasteiger partial charge on any atom is -0.477 e. The van der Waals surface area contributed by atoms with Gasteiger partial charge in [0.05, 0.1) is 0 Å². The van der Waals surface area contributed by atoms with Gasteiger partial charge in [0.25, 0.3) is 0 Å². The van der Waals surface area contributed by atoms with Crippen molar-refractivity contribution in [2.75, 3.05) is 0 Å². The Morgan fingerprint density at radius 1 is 1.25 bits per heavy atom. The maximum absolute atomic E-state index is 10.9. The Morgan fingerprint density at radius 3 is 2.50 bits per heavy atom. The number of hydrogen-bond donors (Lipinski definition) is 1. The molecule has 16 heavy (non-hydrogen) atoms. The number of nitrogens with zero attached hydrogens (tertiary/aromatic N) is 1. The molecular weight excluding hydrogens is 202 g/mol. The maximum atomic E-state index is 10.9. The fourth-order valence-corrected chi connectivity index (χ4v) is 1.77. The van der Waals surface area contributed by atoms with Crippen LogP contribution in [0.4, 0.5) is 0 Å². The third-order valence-corrected chi connectivity index (χ3v) is 2.53. The van der Waals surface area contributed by atoms with Crippen LogP contribution in [0, 0.1) is 0 Å². The van der Waals surface area contributed by atoms with Crippen LogP contribution in [0.3, 0.4) is 0 Å². The summed E-state index contributed by atoms with van der Waals surface area (Å²) in [7, 11) is 1.75. The van der Waals surface area contributed by atoms with Crippen molar-refractivity contribution >= 4 is 5.97 Å². The highest BCUT2D eigenvalue weighted by molar-refractivity contribution is 5.86. The van der Waals surface area contributed by atoms with E-state index in [1.807, 2.05) is 36.5 Å². The van der Waals surface area contributed by atoms with Crippen LogP contribution < -0.4 is 0 Å². The molecule has 1 aromatic heterocycles. The molecule has 1 aromatic carbocycles. The van der Waals surface area contributed by atoms with E-state index in [9.17, 15) is 4.79 Å². The highest BCUT2D eigenvalue weighted by Crippen LogP contribution is 2.12. The fraction of sp³-hybridized carbons (Fsp3) is 0.154. The fourth-order valence-electron chi connectivity index (χ4n) is 1.77. The van der Waals surface area contributed by atoms with Crippen molar-refractivity contribution in [3.8, 4) is 0 Å². The molecule has 0 unspecified atom stereocenters. The Kier molecular flexibility index (Phi) is 2.77. The highest BCUT2D eigenvalue weighted by atomic mass is 16.4. The first-order valence-electron chi connectivity index (χ1n) is 5.09. The van der Waals surface area contributed by atoms with E-state index in [-0.39, 0.29) is 0 Å². The van der Waals surface area contributed by atoms with E-state index >= 15 is 0 Å². The molecule has 1 N–H and O–H groups in total. The molecule has 1 heterocycles. The third-order valence-electron chi connectivity index (χ3n) is 2.53. The Labute approximate surface area is 94.0 Å². The number of rotatable bonds is 3. The smallest absolute Gasteiger partial charge is 0.352 e. The lowest BCUT2D eigenvalue weighted by atomic mass is 10.1. The molecule has 2 aromatic rings. The molecule has 0 spiro atoms. The van der Waals surface area contributed by atoms with E-state index in [4.69, 9.17) is 5.11 Å². The lowest BCUT2D eigenvalue weighted by molar-refractivity contribution is 0.0686. The summed E-state index contributed by atoms with van der Waals surface area (Å²) in [4.78, 5) is 10.9. The van der Waals surface area contributed by atoms with E-state index < -0.39 is 5.97 Å². The van der Waals surface area contributed by atoms with Gasteiger partial charge in [0.2, 0.25) is 0 Å². The number of aryl methyl sites for hydroxylation is 1. The average Bonchev–Trinajstić information content (AvgIpc) is 2.61. The van der Waals surface area contributed by atoms with Gasteiger partial charge in [-0.25, -0.2) is 4.79 Å². The van der Waals surface area contributed by atoms with Gasteiger partial charge >= 0.3 is 5.97 Å². The predicted octanol–water partition coefficient (Wildman–Crippen LogP) is 2.31. The second-order valence-electron chi connectivity index (χ2n) is 3.81. The zero-order chi connectivity index (χ0) is 11.5. The van der Waals surface area contributed by atoms with E-state index in [1.165, 1.54) is 5.56 Å². The second kappa shape index (κ2) is 4.23. The topological polar surface area (TPSA) is 42.2 Å². The van der Waals surface area contributed by atoms with Crippen molar-refractivity contribution in [2.24, 2.45) is 7.05 Å². The van der Waals surface area contributed by atoms with Crippen molar-refractivity contribution in [3.63, 3.8) is 0 Å². The zero-order valence-electron chi connectivity index (χ0n) is 9.05. The Hall–Kier alpha value is -2.03. The first-order chi connectivity index (χ1) is 7.66. The lowest BCUT2D eigenvalue weighted by Crippen LogP contribution is -2.02. The van der Waals surface area contributed by atoms with Crippen LogP contribution in [0.15, 0.2) is 42.6 Å². The van der Waals surface area contributed by atoms with Gasteiger partial charge in [0.15, 0.2) is 0 Å². The minimum atomic E-state index is -0.887. The Balaban J connectivity index is 2.23. The van der Waals surface area contributed by atoms with Gasteiger partial charge in [-0.05, 0) is 23.6 Å². The zero-order valence-corrected chi connectivity index (χ0v) is 9.05. The van der Waals surface area contributed by atoms with Crippen molar-refractivity contribution in [1.29, 1.82) is 0 Å². The molecule has 0 saturated heterocycles. The van der Waals surface area contributed by atoms with E-state index in [1.54, 1.807) is 17.7 Å². The van der Waals surface area contributed by atoms with Crippen LogP contribution in [-0.2, 0) is 13.5 Å². The molecule has 0 bridgehead atoms. The van der Waals surface area contributed by atoms with Crippen molar-refractivity contribution in [2.45, 2.75) is 6.42 Å². The number of aromatic carboxylic acids is 1. The largest absolute Gasteiger partial charge is 0.477 e. The number of aromatic nitrogens is 1. The van der Waals surface area contributed by atoms with Crippen LogP contribution in [0.5, 0.6) is 0 Å². The van der Waals surface area contributed by atoms with Crippen LogP contribution in [-0.4, -0.2) is 15.6 Å². The molecule has 0 fully saturated rings. The molecular formula is C13H13NO2. The van der Waals surface area contributed by atoms with E-state index in [0.717, 1.165) is 12.0 Å². The van der Waals surface area contributed by atoms with Gasteiger partial charge in [0, 0.05) is 13.2 Å². The van der Waals surface area contributed by atoms with Gasteiger partial charge < -0.3 is 9.67 Å². The normalized spacial score (nSPS) is 10.3. The van der Waals surface area contributed by atoms with Gasteiger partial charge in [-0.15, -0.1) is 0 Å². The highest BCUT2D eigenvalue weighted by Gasteiger charge is 2.09. The molecule has 0 atom stereocenters. The summed E-state index contributed by atoms with van der Waals surface area (Å²) < 4.78 is 1.64. The number of carboxylic acids is 1. The second-order valence-corrected chi connectivity index (χ2v) is 3.81. The SMILES string of the molecule is Cn1cc(Cc2ccccc2)cc1C(=O)O. The standard InChI is InChI=1S/C13H13NO2/c1-14-9-11(8-12(14)13(15)16)7-10-5-3-2-4-6-10/h2-6,8-9H,7H2,1H3,(H,15,16). The van der Waals surface area contributed by atoms with Crippen molar-refractivity contribution in [3.05, 3.63) is 59.4 Å². The van der Waals surface area contributed by atoms with Gasteiger partial charge in [-0.1, -0.05) is 30.3 Å². The monoisotopic (exact) mass is 215 g/mol. The minimum absolute atomic E-state index is 0.325. The summed E-state index contributed by atoms with van der Waals surface area (Å²) in [5.41, 5.74) is 2.53. The Morgan fingerprint density at radius 2 is 1.94 bits per heavy atom. The first kappa shape index (κ1) is 10.5. The molecule has 0 aliphatic carbocycles. The molecule has 0 amide bonds. The summed E-state index contributed by atoms with van der Waals surface area (Å²) in [5, 5.41) is 8.92. The summed E-state index contributed by atoms with van der Waals surface area (Å²) in [6.07, 6.45) is 2.62. The van der Waals surface area contributed by atoms with Crippen LogP contribution >= 0.6 is 0 Å². The number of hydrogen-bond acceptors (Lipinski definition) is 1. The lowest BCUT2D eigenvalue weighted by Gasteiger charge is -1.97. The molecule has 82 valence electrons. The van der Waals surface area contributed by atoms with Crippen LogP contribution in [0.1, 0.15) is 21.6 Å². The van der Waals surface area contributed by atoms with Crippen molar-refractivity contribution in [1.82, 2.24) is 4.57 Å². The van der Waals surface area contributed by atoms with Crippen LogP contribution in [0.2, 0.25) is 0 Å².